The van der Waals surface area contributed by atoms with Gasteiger partial charge < -0.3 is 14.9 Å². The molecule has 158 valence electrons. The first-order chi connectivity index (χ1) is 14.0. The van der Waals surface area contributed by atoms with Crippen molar-refractivity contribution in [3.8, 4) is 0 Å². The van der Waals surface area contributed by atoms with Crippen molar-refractivity contribution in [3.63, 3.8) is 0 Å². The van der Waals surface area contributed by atoms with E-state index in [1.165, 1.54) is 6.08 Å². The molecule has 0 saturated carbocycles. The van der Waals surface area contributed by atoms with Crippen molar-refractivity contribution in [2.75, 3.05) is 39.3 Å². The second-order valence-electron chi connectivity index (χ2n) is 7.79. The Kier molecular flexibility index (Phi) is 7.70. The Morgan fingerprint density at radius 1 is 1.28 bits per heavy atom. The molecule has 0 bridgehead atoms. The molecule has 2 atom stereocenters. The quantitative estimate of drug-likeness (QED) is 0.688. The molecule has 2 aliphatic rings. The zero-order valence-corrected chi connectivity index (χ0v) is 17.7. The number of rotatable bonds is 7. The molecule has 2 amide bonds. The molecule has 1 aromatic rings. The van der Waals surface area contributed by atoms with Gasteiger partial charge in [-0.3, -0.25) is 14.5 Å². The van der Waals surface area contributed by atoms with Crippen LogP contribution in [0.1, 0.15) is 31.7 Å². The van der Waals surface area contributed by atoms with E-state index in [9.17, 15) is 14.7 Å². The minimum Gasteiger partial charge on any atom is -0.395 e. The van der Waals surface area contributed by atoms with E-state index in [4.69, 9.17) is 11.6 Å². The van der Waals surface area contributed by atoms with E-state index >= 15 is 0 Å². The fraction of sp³-hybridized carbons (Fsp3) is 0.545. The Morgan fingerprint density at radius 2 is 2.10 bits per heavy atom. The summed E-state index contributed by atoms with van der Waals surface area (Å²) in [5, 5.41) is 10.0. The van der Waals surface area contributed by atoms with Gasteiger partial charge in [0.2, 0.25) is 11.8 Å². The molecule has 0 aromatic heterocycles. The smallest absolute Gasteiger partial charge is 0.247 e. The predicted molar refractivity (Wildman–Crippen MR) is 115 cm³/mol. The summed E-state index contributed by atoms with van der Waals surface area (Å²) in [4.78, 5) is 31.1. The van der Waals surface area contributed by atoms with Crippen molar-refractivity contribution in [2.24, 2.45) is 0 Å². The normalized spacial score (nSPS) is 23.3. The first kappa shape index (κ1) is 21.8. The lowest BCUT2D eigenvalue weighted by molar-refractivity contribution is -0.148. The molecular weight excluding hydrogens is 390 g/mol. The standard InChI is InChI=1S/C22H30ClN3O3/c1-17-22(29)25(12-4-11-24-10-3-7-20(24)16-27)13-14-26(17)21(28)9-8-18-5-2-6-19(23)15-18/h2,5-6,8-9,15,17,20,27H,3-4,7,10-14,16H2,1H3/t17?,20-/m0/s1. The highest BCUT2D eigenvalue weighted by Gasteiger charge is 2.33. The Balaban J connectivity index is 1.49. The number of likely N-dealkylation sites (tertiary alicyclic amines) is 1. The van der Waals surface area contributed by atoms with E-state index in [2.05, 4.69) is 4.90 Å². The van der Waals surface area contributed by atoms with Crippen molar-refractivity contribution in [1.29, 1.82) is 0 Å². The average molecular weight is 420 g/mol. The van der Waals surface area contributed by atoms with Crippen LogP contribution in [0.5, 0.6) is 0 Å². The van der Waals surface area contributed by atoms with E-state index in [1.807, 2.05) is 17.0 Å². The largest absolute Gasteiger partial charge is 0.395 e. The van der Waals surface area contributed by atoms with Crippen molar-refractivity contribution in [2.45, 2.75) is 38.3 Å². The maximum absolute atomic E-state index is 12.7. The molecule has 1 aromatic carbocycles. The second-order valence-corrected chi connectivity index (χ2v) is 8.23. The highest BCUT2D eigenvalue weighted by molar-refractivity contribution is 6.30. The minimum absolute atomic E-state index is 0.000820. The SMILES string of the molecule is CC1C(=O)N(CCCN2CCC[C@H]2CO)CCN1C(=O)C=Cc1cccc(Cl)c1. The molecule has 7 heteroatoms. The summed E-state index contributed by atoms with van der Waals surface area (Å²) >= 11 is 5.97. The van der Waals surface area contributed by atoms with Gasteiger partial charge in [0.05, 0.1) is 6.61 Å². The summed E-state index contributed by atoms with van der Waals surface area (Å²) in [5.74, 6) is -0.158. The molecule has 0 radical (unpaired) electrons. The van der Waals surface area contributed by atoms with Crippen LogP contribution < -0.4 is 0 Å². The zero-order chi connectivity index (χ0) is 20.8. The van der Waals surface area contributed by atoms with Crippen molar-refractivity contribution >= 4 is 29.5 Å². The van der Waals surface area contributed by atoms with Gasteiger partial charge in [0.25, 0.3) is 0 Å². The Labute approximate surface area is 177 Å². The third-order valence-electron chi connectivity index (χ3n) is 5.88. The third kappa shape index (κ3) is 5.59. The van der Waals surface area contributed by atoms with Gasteiger partial charge >= 0.3 is 0 Å². The summed E-state index contributed by atoms with van der Waals surface area (Å²) < 4.78 is 0. The maximum Gasteiger partial charge on any atom is 0.247 e. The van der Waals surface area contributed by atoms with E-state index < -0.39 is 6.04 Å². The molecular formula is C22H30ClN3O3. The van der Waals surface area contributed by atoms with Gasteiger partial charge in [-0.2, -0.15) is 0 Å². The third-order valence-corrected chi connectivity index (χ3v) is 6.12. The highest BCUT2D eigenvalue weighted by Crippen LogP contribution is 2.18. The van der Waals surface area contributed by atoms with Crippen LogP contribution in [0.3, 0.4) is 0 Å². The number of hydrogen-bond acceptors (Lipinski definition) is 4. The van der Waals surface area contributed by atoms with Gasteiger partial charge in [-0.05, 0) is 56.5 Å². The van der Waals surface area contributed by atoms with Crippen LogP contribution >= 0.6 is 11.6 Å². The fourth-order valence-electron chi connectivity index (χ4n) is 4.19. The Morgan fingerprint density at radius 3 is 2.86 bits per heavy atom. The first-order valence-corrected chi connectivity index (χ1v) is 10.8. The van der Waals surface area contributed by atoms with Crippen LogP contribution in [-0.4, -0.2) is 83.0 Å². The first-order valence-electron chi connectivity index (χ1n) is 10.4. The molecule has 2 heterocycles. The monoisotopic (exact) mass is 419 g/mol. The summed E-state index contributed by atoms with van der Waals surface area (Å²) in [5.41, 5.74) is 0.853. The number of aliphatic hydroxyl groups is 1. The average Bonchev–Trinajstić information content (AvgIpc) is 3.17. The Bertz CT molecular complexity index is 755. The van der Waals surface area contributed by atoms with Gasteiger partial charge in [0.15, 0.2) is 0 Å². The van der Waals surface area contributed by atoms with Crippen LogP contribution in [0.15, 0.2) is 30.3 Å². The van der Waals surface area contributed by atoms with Gasteiger partial charge in [0.1, 0.15) is 6.04 Å². The zero-order valence-electron chi connectivity index (χ0n) is 17.0. The van der Waals surface area contributed by atoms with Crippen LogP contribution in [0.4, 0.5) is 0 Å². The van der Waals surface area contributed by atoms with Crippen LogP contribution in [0, 0.1) is 0 Å². The van der Waals surface area contributed by atoms with Gasteiger partial charge in [-0.15, -0.1) is 0 Å². The lowest BCUT2D eigenvalue weighted by Crippen LogP contribution is -2.57. The molecule has 0 spiro atoms. The predicted octanol–water partition coefficient (Wildman–Crippen LogP) is 2.26. The van der Waals surface area contributed by atoms with E-state index in [0.29, 0.717) is 24.7 Å². The number of benzene rings is 1. The number of halogens is 1. The molecule has 3 rings (SSSR count). The van der Waals surface area contributed by atoms with Crippen molar-refractivity contribution in [3.05, 3.63) is 40.9 Å². The van der Waals surface area contributed by atoms with Gasteiger partial charge in [-0.1, -0.05) is 23.7 Å². The summed E-state index contributed by atoms with van der Waals surface area (Å²) in [6.07, 6.45) is 6.30. The summed E-state index contributed by atoms with van der Waals surface area (Å²) in [6, 6.07) is 7.10. The Hall–Kier alpha value is -1.89. The van der Waals surface area contributed by atoms with E-state index in [1.54, 1.807) is 30.0 Å². The molecule has 2 fully saturated rings. The lowest BCUT2D eigenvalue weighted by Gasteiger charge is -2.39. The highest BCUT2D eigenvalue weighted by atomic mass is 35.5. The van der Waals surface area contributed by atoms with E-state index in [-0.39, 0.29) is 24.5 Å². The number of carbonyl (C=O) groups excluding carboxylic acids is 2. The van der Waals surface area contributed by atoms with E-state index in [0.717, 1.165) is 37.9 Å². The van der Waals surface area contributed by atoms with Crippen LogP contribution in [0.2, 0.25) is 5.02 Å². The fourth-order valence-corrected chi connectivity index (χ4v) is 4.39. The molecule has 6 nitrogen and oxygen atoms in total. The molecule has 2 saturated heterocycles. The molecule has 29 heavy (non-hydrogen) atoms. The van der Waals surface area contributed by atoms with Crippen molar-refractivity contribution in [1.82, 2.24) is 14.7 Å². The van der Waals surface area contributed by atoms with Gasteiger partial charge in [0, 0.05) is 43.3 Å². The molecule has 1 N–H and O–H groups in total. The van der Waals surface area contributed by atoms with Crippen molar-refractivity contribution < 1.29 is 14.7 Å². The minimum atomic E-state index is -0.461. The van der Waals surface area contributed by atoms with Crippen LogP contribution in [0.25, 0.3) is 6.08 Å². The second kappa shape index (κ2) is 10.2. The van der Waals surface area contributed by atoms with Crippen LogP contribution in [-0.2, 0) is 9.59 Å². The number of amides is 2. The number of hydrogen-bond donors (Lipinski definition) is 1. The molecule has 0 aliphatic carbocycles. The molecule has 1 unspecified atom stereocenters. The maximum atomic E-state index is 12.7. The van der Waals surface area contributed by atoms with Gasteiger partial charge in [-0.25, -0.2) is 0 Å². The number of piperazine rings is 1. The summed E-state index contributed by atoms with van der Waals surface area (Å²) in [6.45, 7) is 5.71. The molecule has 2 aliphatic heterocycles. The lowest BCUT2D eigenvalue weighted by atomic mass is 10.1. The number of aliphatic hydroxyl groups excluding tert-OH is 1. The summed E-state index contributed by atoms with van der Waals surface area (Å²) in [7, 11) is 0. The number of nitrogens with zero attached hydrogens (tertiary/aromatic N) is 3. The number of carbonyl (C=O) groups is 2. The topological polar surface area (TPSA) is 64.1 Å².